The van der Waals surface area contributed by atoms with Gasteiger partial charge in [0.15, 0.2) is 11.5 Å². The number of nitrogens with zero attached hydrogens (tertiary/aromatic N) is 1. The maximum absolute atomic E-state index is 12.1. The number of rotatable bonds is 7. The average Bonchev–Trinajstić information content (AvgIpc) is 2.60. The van der Waals surface area contributed by atoms with Gasteiger partial charge in [-0.3, -0.25) is 4.79 Å². The van der Waals surface area contributed by atoms with Crippen molar-refractivity contribution < 1.29 is 14.3 Å². The van der Waals surface area contributed by atoms with Crippen LogP contribution in [0.2, 0.25) is 5.02 Å². The lowest BCUT2D eigenvalue weighted by atomic mass is 10.2. The molecule has 0 unspecified atom stereocenters. The van der Waals surface area contributed by atoms with Crippen molar-refractivity contribution in [2.24, 2.45) is 5.10 Å². The van der Waals surface area contributed by atoms with E-state index in [1.165, 1.54) is 6.21 Å². The number of benzene rings is 2. The Balaban J connectivity index is 2.12. The Labute approximate surface area is 160 Å². The van der Waals surface area contributed by atoms with E-state index in [-0.39, 0.29) is 5.91 Å². The van der Waals surface area contributed by atoms with E-state index in [2.05, 4.69) is 26.5 Å². The first-order chi connectivity index (χ1) is 12.1. The molecule has 0 saturated heterocycles. The van der Waals surface area contributed by atoms with Crippen LogP contribution in [-0.2, 0) is 0 Å². The Morgan fingerprint density at radius 2 is 2.12 bits per heavy atom. The number of nitrogens with one attached hydrogen (secondary N) is 1. The summed E-state index contributed by atoms with van der Waals surface area (Å²) < 4.78 is 11.8. The highest BCUT2D eigenvalue weighted by molar-refractivity contribution is 9.10. The minimum absolute atomic E-state index is 0.364. The predicted molar refractivity (Wildman–Crippen MR) is 103 cm³/mol. The zero-order valence-corrected chi connectivity index (χ0v) is 16.2. The lowest BCUT2D eigenvalue weighted by Crippen LogP contribution is -2.17. The number of ether oxygens (including phenoxy) is 2. The molecule has 0 spiro atoms. The molecule has 0 aliphatic heterocycles. The van der Waals surface area contributed by atoms with Crippen LogP contribution in [0.5, 0.6) is 11.5 Å². The van der Waals surface area contributed by atoms with Crippen molar-refractivity contribution in [2.45, 2.75) is 13.3 Å². The third-order valence-electron chi connectivity index (χ3n) is 3.20. The fourth-order valence-electron chi connectivity index (χ4n) is 2.03. The number of carbonyl (C=O) groups is 1. The zero-order chi connectivity index (χ0) is 18.2. The summed E-state index contributed by atoms with van der Waals surface area (Å²) >= 11 is 9.45. The Bertz CT molecular complexity index is 781. The second-order valence-corrected chi connectivity index (χ2v) is 6.32. The van der Waals surface area contributed by atoms with Gasteiger partial charge in [-0.2, -0.15) is 5.10 Å². The summed E-state index contributed by atoms with van der Waals surface area (Å²) in [5, 5.41) is 4.34. The molecule has 0 aromatic heterocycles. The molecule has 2 aromatic rings. The van der Waals surface area contributed by atoms with Crippen molar-refractivity contribution >= 4 is 39.7 Å². The fourth-order valence-corrected chi connectivity index (χ4v) is 2.83. The van der Waals surface area contributed by atoms with Crippen LogP contribution >= 0.6 is 27.5 Å². The van der Waals surface area contributed by atoms with E-state index < -0.39 is 0 Å². The molecule has 5 nitrogen and oxygen atoms in total. The van der Waals surface area contributed by atoms with Crippen LogP contribution in [0.4, 0.5) is 0 Å². The van der Waals surface area contributed by atoms with Gasteiger partial charge in [0.1, 0.15) is 0 Å². The van der Waals surface area contributed by atoms with Gasteiger partial charge in [-0.15, -0.1) is 0 Å². The van der Waals surface area contributed by atoms with Gasteiger partial charge in [-0.05, 0) is 52.2 Å². The molecule has 1 amide bonds. The van der Waals surface area contributed by atoms with E-state index in [1.54, 1.807) is 37.4 Å². The number of hydrazone groups is 1. The molecule has 2 aromatic carbocycles. The maximum atomic E-state index is 12.1. The molecule has 0 aliphatic rings. The first-order valence-electron chi connectivity index (χ1n) is 7.65. The molecular weight excluding hydrogens is 408 g/mol. The lowest BCUT2D eigenvalue weighted by molar-refractivity contribution is 0.0955. The number of carbonyl (C=O) groups excluding carboxylic acids is 1. The van der Waals surface area contributed by atoms with Gasteiger partial charge in [-0.1, -0.05) is 30.7 Å². The van der Waals surface area contributed by atoms with Crippen molar-refractivity contribution in [1.29, 1.82) is 0 Å². The summed E-state index contributed by atoms with van der Waals surface area (Å²) in [6.07, 6.45) is 2.42. The molecule has 0 heterocycles. The minimum Gasteiger partial charge on any atom is -0.493 e. The SMILES string of the molecule is CCCOc1c(Br)cc(/C=N/NC(=O)c2ccccc2Cl)cc1OC. The van der Waals surface area contributed by atoms with E-state index in [0.29, 0.717) is 28.7 Å². The highest BCUT2D eigenvalue weighted by atomic mass is 79.9. The van der Waals surface area contributed by atoms with Crippen molar-refractivity contribution in [2.75, 3.05) is 13.7 Å². The highest BCUT2D eigenvalue weighted by Gasteiger charge is 2.11. The molecule has 132 valence electrons. The normalized spacial score (nSPS) is 10.7. The van der Waals surface area contributed by atoms with Crippen LogP contribution in [0.15, 0.2) is 46.0 Å². The predicted octanol–water partition coefficient (Wildman–Crippen LogP) is 4.66. The van der Waals surface area contributed by atoms with Gasteiger partial charge >= 0.3 is 0 Å². The largest absolute Gasteiger partial charge is 0.493 e. The summed E-state index contributed by atoms with van der Waals surface area (Å²) in [4.78, 5) is 12.1. The summed E-state index contributed by atoms with van der Waals surface area (Å²) in [6.45, 7) is 2.62. The van der Waals surface area contributed by atoms with Crippen molar-refractivity contribution in [3.63, 3.8) is 0 Å². The van der Waals surface area contributed by atoms with E-state index in [9.17, 15) is 4.79 Å². The quantitative estimate of drug-likeness (QED) is 0.518. The molecule has 2 rings (SSSR count). The molecule has 7 heteroatoms. The standard InChI is InChI=1S/C18H18BrClN2O3/c1-3-8-25-17-14(19)9-12(10-16(17)24-2)11-21-22-18(23)13-6-4-5-7-15(13)20/h4-7,9-11H,3,8H2,1-2H3,(H,22,23)/b21-11+. The van der Waals surface area contributed by atoms with E-state index in [4.69, 9.17) is 21.1 Å². The second kappa shape index (κ2) is 9.44. The highest BCUT2D eigenvalue weighted by Crippen LogP contribution is 2.36. The Hall–Kier alpha value is -2.05. The van der Waals surface area contributed by atoms with Crippen LogP contribution in [0.1, 0.15) is 29.3 Å². The number of hydrogen-bond acceptors (Lipinski definition) is 4. The van der Waals surface area contributed by atoms with Crippen LogP contribution in [0.3, 0.4) is 0 Å². The Morgan fingerprint density at radius 1 is 1.36 bits per heavy atom. The van der Waals surface area contributed by atoms with Gasteiger partial charge in [0.25, 0.3) is 5.91 Å². The van der Waals surface area contributed by atoms with E-state index >= 15 is 0 Å². The summed E-state index contributed by atoms with van der Waals surface area (Å²) in [5.74, 6) is 0.846. The minimum atomic E-state index is -0.379. The molecule has 1 N–H and O–H groups in total. The van der Waals surface area contributed by atoms with Crippen molar-refractivity contribution in [3.05, 3.63) is 57.0 Å². The van der Waals surface area contributed by atoms with Gasteiger partial charge in [0, 0.05) is 0 Å². The molecule has 0 atom stereocenters. The number of halogens is 2. The number of hydrogen-bond donors (Lipinski definition) is 1. The van der Waals surface area contributed by atoms with Crippen LogP contribution in [-0.4, -0.2) is 25.8 Å². The van der Waals surface area contributed by atoms with Gasteiger partial charge in [-0.25, -0.2) is 5.43 Å². The van der Waals surface area contributed by atoms with Crippen LogP contribution in [0, 0.1) is 0 Å². The van der Waals surface area contributed by atoms with Crippen LogP contribution < -0.4 is 14.9 Å². The van der Waals surface area contributed by atoms with Gasteiger partial charge in [0.2, 0.25) is 0 Å². The summed E-state index contributed by atoms with van der Waals surface area (Å²) in [5.41, 5.74) is 3.56. The van der Waals surface area contributed by atoms with Crippen molar-refractivity contribution in [3.8, 4) is 11.5 Å². The third-order valence-corrected chi connectivity index (χ3v) is 4.12. The zero-order valence-electron chi connectivity index (χ0n) is 13.9. The lowest BCUT2D eigenvalue weighted by Gasteiger charge is -2.12. The van der Waals surface area contributed by atoms with E-state index in [1.807, 2.05) is 13.0 Å². The van der Waals surface area contributed by atoms with Gasteiger partial charge < -0.3 is 9.47 Å². The summed E-state index contributed by atoms with van der Waals surface area (Å²) in [6, 6.07) is 10.4. The molecule has 25 heavy (non-hydrogen) atoms. The smallest absolute Gasteiger partial charge is 0.272 e. The first kappa shape index (κ1) is 19.3. The monoisotopic (exact) mass is 424 g/mol. The number of amides is 1. The molecule has 0 aliphatic carbocycles. The van der Waals surface area contributed by atoms with Crippen molar-refractivity contribution in [1.82, 2.24) is 5.43 Å². The fraction of sp³-hybridized carbons (Fsp3) is 0.222. The number of methoxy groups -OCH3 is 1. The first-order valence-corrected chi connectivity index (χ1v) is 8.82. The third kappa shape index (κ3) is 5.21. The molecule has 0 fully saturated rings. The average molecular weight is 426 g/mol. The Kier molecular flexibility index (Phi) is 7.28. The maximum Gasteiger partial charge on any atom is 0.272 e. The Morgan fingerprint density at radius 3 is 2.80 bits per heavy atom. The molecule has 0 bridgehead atoms. The van der Waals surface area contributed by atoms with E-state index in [0.717, 1.165) is 16.5 Å². The summed E-state index contributed by atoms with van der Waals surface area (Å²) in [7, 11) is 1.57. The molecule has 0 radical (unpaired) electrons. The molecule has 0 saturated carbocycles. The van der Waals surface area contributed by atoms with Gasteiger partial charge in [0.05, 0.1) is 35.0 Å². The molecular formula is C18H18BrClN2O3. The topological polar surface area (TPSA) is 59.9 Å². The van der Waals surface area contributed by atoms with Crippen LogP contribution in [0.25, 0.3) is 0 Å². The second-order valence-electron chi connectivity index (χ2n) is 5.06.